The number of hydrogen-bond donors (Lipinski definition) is 2. The van der Waals surface area contributed by atoms with Gasteiger partial charge in [-0.15, -0.1) is 0 Å². The fraction of sp³-hybridized carbons (Fsp3) is 0.533. The third-order valence-corrected chi connectivity index (χ3v) is 2.66. The Morgan fingerprint density at radius 3 is 2.37 bits per heavy atom. The standard InChI is InChI=1S/C15H25N3O/c1-15(2,3)17-11-10-16-13-9-7-6-8-12(13)14(19)18(4)5/h6-9,16-17H,10-11H2,1-5H3. The number of hydrogen-bond acceptors (Lipinski definition) is 3. The zero-order valence-corrected chi connectivity index (χ0v) is 12.6. The number of anilines is 1. The predicted molar refractivity (Wildman–Crippen MR) is 80.7 cm³/mol. The first-order chi connectivity index (χ1) is 8.81. The summed E-state index contributed by atoms with van der Waals surface area (Å²) in [6.45, 7) is 8.05. The highest BCUT2D eigenvalue weighted by Crippen LogP contribution is 2.16. The van der Waals surface area contributed by atoms with Crippen molar-refractivity contribution in [1.29, 1.82) is 0 Å². The summed E-state index contributed by atoms with van der Waals surface area (Å²) in [6.07, 6.45) is 0. The quantitative estimate of drug-likeness (QED) is 0.800. The average Bonchev–Trinajstić information content (AvgIpc) is 2.33. The zero-order valence-electron chi connectivity index (χ0n) is 12.6. The van der Waals surface area contributed by atoms with E-state index in [-0.39, 0.29) is 11.4 Å². The molecule has 19 heavy (non-hydrogen) atoms. The van der Waals surface area contributed by atoms with Crippen molar-refractivity contribution in [3.8, 4) is 0 Å². The van der Waals surface area contributed by atoms with Crippen molar-refractivity contribution >= 4 is 11.6 Å². The second-order valence-electron chi connectivity index (χ2n) is 5.85. The van der Waals surface area contributed by atoms with Crippen molar-refractivity contribution in [2.24, 2.45) is 0 Å². The van der Waals surface area contributed by atoms with Gasteiger partial charge in [-0.2, -0.15) is 0 Å². The summed E-state index contributed by atoms with van der Waals surface area (Å²) >= 11 is 0. The van der Waals surface area contributed by atoms with E-state index in [0.717, 1.165) is 18.8 Å². The molecule has 1 aromatic rings. The van der Waals surface area contributed by atoms with E-state index in [4.69, 9.17) is 0 Å². The van der Waals surface area contributed by atoms with E-state index < -0.39 is 0 Å². The number of carbonyl (C=O) groups is 1. The number of nitrogens with zero attached hydrogens (tertiary/aromatic N) is 1. The molecular formula is C15H25N3O. The van der Waals surface area contributed by atoms with Gasteiger partial charge in [-0.3, -0.25) is 4.79 Å². The van der Waals surface area contributed by atoms with Crippen molar-refractivity contribution < 1.29 is 4.79 Å². The van der Waals surface area contributed by atoms with E-state index >= 15 is 0 Å². The van der Waals surface area contributed by atoms with Crippen LogP contribution in [0.15, 0.2) is 24.3 Å². The Balaban J connectivity index is 2.61. The van der Waals surface area contributed by atoms with E-state index in [1.54, 1.807) is 19.0 Å². The van der Waals surface area contributed by atoms with Crippen molar-refractivity contribution in [3.05, 3.63) is 29.8 Å². The first kappa shape index (κ1) is 15.5. The van der Waals surface area contributed by atoms with Gasteiger partial charge in [-0.1, -0.05) is 12.1 Å². The van der Waals surface area contributed by atoms with E-state index in [0.29, 0.717) is 5.56 Å². The number of carbonyl (C=O) groups excluding carboxylic acids is 1. The number of rotatable bonds is 5. The highest BCUT2D eigenvalue weighted by molar-refractivity contribution is 5.99. The molecule has 0 aliphatic carbocycles. The molecule has 0 heterocycles. The van der Waals surface area contributed by atoms with Crippen LogP contribution in [-0.4, -0.2) is 43.5 Å². The summed E-state index contributed by atoms with van der Waals surface area (Å²) in [5.41, 5.74) is 1.71. The molecule has 0 unspecified atom stereocenters. The van der Waals surface area contributed by atoms with Gasteiger partial charge in [-0.05, 0) is 32.9 Å². The molecule has 0 atom stereocenters. The van der Waals surface area contributed by atoms with Crippen LogP contribution in [-0.2, 0) is 0 Å². The average molecular weight is 263 g/mol. The van der Waals surface area contributed by atoms with Gasteiger partial charge in [0.25, 0.3) is 5.91 Å². The van der Waals surface area contributed by atoms with Crippen LogP contribution in [0.1, 0.15) is 31.1 Å². The number of para-hydroxylation sites is 1. The monoisotopic (exact) mass is 263 g/mol. The van der Waals surface area contributed by atoms with Gasteiger partial charge in [-0.25, -0.2) is 0 Å². The maximum Gasteiger partial charge on any atom is 0.255 e. The third-order valence-electron chi connectivity index (χ3n) is 2.66. The normalized spacial score (nSPS) is 11.2. The molecule has 2 N–H and O–H groups in total. The van der Waals surface area contributed by atoms with Gasteiger partial charge in [0.05, 0.1) is 5.56 Å². The lowest BCUT2D eigenvalue weighted by Crippen LogP contribution is -2.38. The Bertz CT molecular complexity index is 422. The molecule has 4 nitrogen and oxygen atoms in total. The molecule has 1 rings (SSSR count). The Hall–Kier alpha value is -1.55. The van der Waals surface area contributed by atoms with Crippen LogP contribution in [0.4, 0.5) is 5.69 Å². The molecular weight excluding hydrogens is 238 g/mol. The molecule has 106 valence electrons. The SMILES string of the molecule is CN(C)C(=O)c1ccccc1NCCNC(C)(C)C. The summed E-state index contributed by atoms with van der Waals surface area (Å²) in [6, 6.07) is 7.61. The minimum Gasteiger partial charge on any atom is -0.383 e. The molecule has 0 fully saturated rings. The van der Waals surface area contributed by atoms with Crippen LogP contribution in [0.25, 0.3) is 0 Å². The zero-order chi connectivity index (χ0) is 14.5. The molecule has 0 aromatic heterocycles. The topological polar surface area (TPSA) is 44.4 Å². The number of amides is 1. The van der Waals surface area contributed by atoms with Crippen LogP contribution in [0.3, 0.4) is 0 Å². The predicted octanol–water partition coefficient (Wildman–Crippen LogP) is 2.19. The minimum atomic E-state index is 0.0203. The van der Waals surface area contributed by atoms with E-state index in [9.17, 15) is 4.79 Å². The van der Waals surface area contributed by atoms with E-state index in [2.05, 4.69) is 31.4 Å². The van der Waals surface area contributed by atoms with Crippen LogP contribution >= 0.6 is 0 Å². The summed E-state index contributed by atoms with van der Waals surface area (Å²) < 4.78 is 0. The van der Waals surface area contributed by atoms with Gasteiger partial charge in [0.2, 0.25) is 0 Å². The summed E-state index contributed by atoms with van der Waals surface area (Å²) in [4.78, 5) is 13.6. The summed E-state index contributed by atoms with van der Waals surface area (Å²) in [5.74, 6) is 0.0203. The first-order valence-corrected chi connectivity index (χ1v) is 6.61. The van der Waals surface area contributed by atoms with Crippen LogP contribution in [0.5, 0.6) is 0 Å². The van der Waals surface area contributed by atoms with Crippen molar-refractivity contribution in [1.82, 2.24) is 10.2 Å². The van der Waals surface area contributed by atoms with Crippen molar-refractivity contribution in [2.75, 3.05) is 32.5 Å². The molecule has 0 aliphatic rings. The van der Waals surface area contributed by atoms with Gasteiger partial charge >= 0.3 is 0 Å². The van der Waals surface area contributed by atoms with E-state index in [1.165, 1.54) is 0 Å². The van der Waals surface area contributed by atoms with Crippen molar-refractivity contribution in [3.63, 3.8) is 0 Å². The molecule has 0 saturated carbocycles. The van der Waals surface area contributed by atoms with Gasteiger partial charge in [0.1, 0.15) is 0 Å². The lowest BCUT2D eigenvalue weighted by Gasteiger charge is -2.21. The highest BCUT2D eigenvalue weighted by Gasteiger charge is 2.12. The molecule has 0 aliphatic heterocycles. The molecule has 4 heteroatoms. The molecule has 0 bridgehead atoms. The lowest BCUT2D eigenvalue weighted by molar-refractivity contribution is 0.0828. The largest absolute Gasteiger partial charge is 0.383 e. The molecule has 0 saturated heterocycles. The lowest BCUT2D eigenvalue weighted by atomic mass is 10.1. The number of nitrogens with one attached hydrogen (secondary N) is 2. The van der Waals surface area contributed by atoms with Gasteiger partial charge in [0, 0.05) is 38.4 Å². The molecule has 1 aromatic carbocycles. The third kappa shape index (κ3) is 5.30. The maximum absolute atomic E-state index is 12.0. The summed E-state index contributed by atoms with van der Waals surface area (Å²) in [5, 5.41) is 6.72. The van der Waals surface area contributed by atoms with Crippen molar-refractivity contribution in [2.45, 2.75) is 26.3 Å². The minimum absolute atomic E-state index is 0.0203. The van der Waals surface area contributed by atoms with E-state index in [1.807, 2.05) is 24.3 Å². The smallest absolute Gasteiger partial charge is 0.255 e. The Morgan fingerprint density at radius 1 is 1.16 bits per heavy atom. The van der Waals surface area contributed by atoms with Gasteiger partial charge in [0.15, 0.2) is 0 Å². The van der Waals surface area contributed by atoms with Crippen LogP contribution < -0.4 is 10.6 Å². The molecule has 0 spiro atoms. The molecule has 1 amide bonds. The maximum atomic E-state index is 12.0. The fourth-order valence-corrected chi connectivity index (χ4v) is 1.70. The number of benzene rings is 1. The Kier molecular flexibility index (Phi) is 5.36. The summed E-state index contributed by atoms with van der Waals surface area (Å²) in [7, 11) is 3.53. The Labute approximate surface area is 116 Å². The highest BCUT2D eigenvalue weighted by atomic mass is 16.2. The molecule has 0 radical (unpaired) electrons. The van der Waals surface area contributed by atoms with Crippen LogP contribution in [0, 0.1) is 0 Å². The Morgan fingerprint density at radius 2 is 1.79 bits per heavy atom. The first-order valence-electron chi connectivity index (χ1n) is 6.61. The fourth-order valence-electron chi connectivity index (χ4n) is 1.70. The van der Waals surface area contributed by atoms with Gasteiger partial charge < -0.3 is 15.5 Å². The second kappa shape index (κ2) is 6.57. The second-order valence-corrected chi connectivity index (χ2v) is 5.85. The van der Waals surface area contributed by atoms with Crippen LogP contribution in [0.2, 0.25) is 0 Å².